The zero-order valence-electron chi connectivity index (χ0n) is 18.1. The van der Waals surface area contributed by atoms with Gasteiger partial charge < -0.3 is 5.32 Å². The maximum atomic E-state index is 3.77. The molecule has 1 aliphatic rings. The maximum absolute atomic E-state index is 3.77. The molecule has 0 spiro atoms. The van der Waals surface area contributed by atoms with E-state index in [4.69, 9.17) is 0 Å². The van der Waals surface area contributed by atoms with E-state index in [0.717, 1.165) is 12.0 Å². The van der Waals surface area contributed by atoms with Crippen molar-refractivity contribution >= 4 is 0 Å². The van der Waals surface area contributed by atoms with Crippen molar-refractivity contribution in [3.8, 4) is 0 Å². The van der Waals surface area contributed by atoms with Gasteiger partial charge in [0, 0.05) is 6.04 Å². The molecule has 0 bridgehead atoms. The summed E-state index contributed by atoms with van der Waals surface area (Å²) in [6.45, 7) is 3.52. The van der Waals surface area contributed by atoms with E-state index < -0.39 is 0 Å². The summed E-state index contributed by atoms with van der Waals surface area (Å²) in [5, 5.41) is 3.77. The van der Waals surface area contributed by atoms with E-state index in [1.54, 1.807) is 0 Å². The summed E-state index contributed by atoms with van der Waals surface area (Å²) in [4.78, 5) is 0. The lowest BCUT2D eigenvalue weighted by Crippen LogP contribution is -2.27. The quantitative estimate of drug-likeness (QED) is 0.294. The highest BCUT2D eigenvalue weighted by Gasteiger charge is 2.26. The smallest absolute Gasteiger partial charge is 0.00989 e. The van der Waals surface area contributed by atoms with Gasteiger partial charge in [-0.1, -0.05) is 121 Å². The largest absolute Gasteiger partial charge is 0.314 e. The standard InChI is InChI=1S/C26H45N/c1-2-3-4-5-6-7-8-9-10-11-12-13-17-20-26-25(21-22-27-26)23-24-18-15-14-16-19-24/h14-16,18-19,25-27H,2-13,17,20-23H2,1H3. The van der Waals surface area contributed by atoms with Crippen LogP contribution in [0.2, 0.25) is 0 Å². The van der Waals surface area contributed by atoms with Gasteiger partial charge in [-0.25, -0.2) is 0 Å². The Kier molecular flexibility index (Phi) is 12.6. The topological polar surface area (TPSA) is 12.0 Å². The molecule has 2 unspecified atom stereocenters. The van der Waals surface area contributed by atoms with Gasteiger partial charge in [0.05, 0.1) is 0 Å². The fraction of sp³-hybridized carbons (Fsp3) is 0.769. The van der Waals surface area contributed by atoms with Crippen LogP contribution < -0.4 is 5.32 Å². The lowest BCUT2D eigenvalue weighted by Gasteiger charge is -2.19. The van der Waals surface area contributed by atoms with E-state index in [-0.39, 0.29) is 0 Å². The van der Waals surface area contributed by atoms with Crippen LogP contribution in [-0.2, 0) is 6.42 Å². The molecular formula is C26H45N. The first kappa shape index (κ1) is 22.5. The summed E-state index contributed by atoms with van der Waals surface area (Å²) in [6.07, 6.45) is 22.8. The van der Waals surface area contributed by atoms with Crippen molar-refractivity contribution in [3.05, 3.63) is 35.9 Å². The molecule has 1 heteroatoms. The van der Waals surface area contributed by atoms with E-state index in [1.165, 1.54) is 115 Å². The predicted octanol–water partition coefficient (Wildman–Crippen LogP) is 7.69. The minimum absolute atomic E-state index is 0.762. The van der Waals surface area contributed by atoms with Crippen molar-refractivity contribution in [2.24, 2.45) is 5.92 Å². The molecule has 154 valence electrons. The van der Waals surface area contributed by atoms with Gasteiger partial charge in [-0.3, -0.25) is 0 Å². The van der Waals surface area contributed by atoms with Gasteiger partial charge in [0.25, 0.3) is 0 Å². The van der Waals surface area contributed by atoms with Crippen LogP contribution >= 0.6 is 0 Å². The van der Waals surface area contributed by atoms with Crippen LogP contribution in [0.1, 0.15) is 109 Å². The predicted molar refractivity (Wildman–Crippen MR) is 120 cm³/mol. The molecule has 0 radical (unpaired) electrons. The summed E-state index contributed by atoms with van der Waals surface area (Å²) in [5.41, 5.74) is 1.52. The van der Waals surface area contributed by atoms with Crippen molar-refractivity contribution in [1.29, 1.82) is 0 Å². The molecule has 0 aromatic heterocycles. The van der Waals surface area contributed by atoms with Crippen LogP contribution in [0, 0.1) is 5.92 Å². The van der Waals surface area contributed by atoms with E-state index in [1.807, 2.05) is 0 Å². The molecule has 1 aromatic carbocycles. The number of unbranched alkanes of at least 4 members (excludes halogenated alkanes) is 12. The Hall–Kier alpha value is -0.820. The average molecular weight is 372 g/mol. The molecule has 0 saturated carbocycles. The molecule has 27 heavy (non-hydrogen) atoms. The highest BCUT2D eigenvalue weighted by atomic mass is 14.9. The molecule has 1 N–H and O–H groups in total. The Morgan fingerprint density at radius 1 is 0.741 bits per heavy atom. The molecule has 0 aliphatic carbocycles. The van der Waals surface area contributed by atoms with Crippen LogP contribution in [0.25, 0.3) is 0 Å². The Bertz CT molecular complexity index is 441. The van der Waals surface area contributed by atoms with Crippen molar-refractivity contribution in [2.75, 3.05) is 6.54 Å². The first-order valence-electron chi connectivity index (χ1n) is 12.2. The lowest BCUT2D eigenvalue weighted by atomic mass is 9.89. The molecule has 1 aromatic rings. The number of hydrogen-bond acceptors (Lipinski definition) is 1. The van der Waals surface area contributed by atoms with E-state index >= 15 is 0 Å². The lowest BCUT2D eigenvalue weighted by molar-refractivity contribution is 0.403. The summed E-state index contributed by atoms with van der Waals surface area (Å²) >= 11 is 0. The fourth-order valence-corrected chi connectivity index (χ4v) is 4.70. The molecule has 1 aliphatic heterocycles. The Morgan fingerprint density at radius 3 is 1.89 bits per heavy atom. The van der Waals surface area contributed by atoms with Gasteiger partial charge in [-0.15, -0.1) is 0 Å². The monoisotopic (exact) mass is 371 g/mol. The van der Waals surface area contributed by atoms with Crippen LogP contribution in [0.4, 0.5) is 0 Å². The molecule has 1 heterocycles. The third kappa shape index (κ3) is 10.3. The molecule has 1 fully saturated rings. The second-order valence-corrected chi connectivity index (χ2v) is 8.83. The SMILES string of the molecule is CCCCCCCCCCCCCCCC1NCCC1Cc1ccccc1. The summed E-state index contributed by atoms with van der Waals surface area (Å²) in [6, 6.07) is 11.8. The third-order valence-electron chi connectivity index (χ3n) is 6.45. The second-order valence-electron chi connectivity index (χ2n) is 8.83. The van der Waals surface area contributed by atoms with Crippen molar-refractivity contribution in [3.63, 3.8) is 0 Å². The average Bonchev–Trinajstić information content (AvgIpc) is 3.13. The van der Waals surface area contributed by atoms with Crippen molar-refractivity contribution in [1.82, 2.24) is 5.32 Å². The fourth-order valence-electron chi connectivity index (χ4n) is 4.70. The third-order valence-corrected chi connectivity index (χ3v) is 6.45. The Morgan fingerprint density at radius 2 is 1.30 bits per heavy atom. The first-order valence-corrected chi connectivity index (χ1v) is 12.2. The van der Waals surface area contributed by atoms with Crippen molar-refractivity contribution in [2.45, 2.75) is 116 Å². The summed E-state index contributed by atoms with van der Waals surface area (Å²) in [5.74, 6) is 0.852. The van der Waals surface area contributed by atoms with E-state index in [0.29, 0.717) is 0 Å². The molecule has 0 amide bonds. The van der Waals surface area contributed by atoms with Gasteiger partial charge in [0.1, 0.15) is 0 Å². The number of nitrogens with one attached hydrogen (secondary N) is 1. The van der Waals surface area contributed by atoms with Crippen LogP contribution in [0.3, 0.4) is 0 Å². The molecule has 2 atom stereocenters. The number of benzene rings is 1. The van der Waals surface area contributed by atoms with Gasteiger partial charge in [0.2, 0.25) is 0 Å². The maximum Gasteiger partial charge on any atom is 0.00989 e. The van der Waals surface area contributed by atoms with Gasteiger partial charge in [-0.05, 0) is 37.3 Å². The van der Waals surface area contributed by atoms with Crippen molar-refractivity contribution < 1.29 is 0 Å². The zero-order valence-corrected chi connectivity index (χ0v) is 18.1. The van der Waals surface area contributed by atoms with Crippen LogP contribution in [0.15, 0.2) is 30.3 Å². The normalized spacial score (nSPS) is 19.6. The van der Waals surface area contributed by atoms with Gasteiger partial charge in [0.15, 0.2) is 0 Å². The van der Waals surface area contributed by atoms with E-state index in [2.05, 4.69) is 42.6 Å². The Balaban J connectivity index is 1.40. The number of hydrogen-bond donors (Lipinski definition) is 1. The van der Waals surface area contributed by atoms with Crippen LogP contribution in [-0.4, -0.2) is 12.6 Å². The highest BCUT2D eigenvalue weighted by molar-refractivity contribution is 5.16. The zero-order chi connectivity index (χ0) is 19.0. The second kappa shape index (κ2) is 15.1. The van der Waals surface area contributed by atoms with Gasteiger partial charge >= 0.3 is 0 Å². The van der Waals surface area contributed by atoms with Gasteiger partial charge in [-0.2, -0.15) is 0 Å². The summed E-state index contributed by atoms with van der Waals surface area (Å²) < 4.78 is 0. The Labute approximate surface area is 169 Å². The molecule has 1 saturated heterocycles. The summed E-state index contributed by atoms with van der Waals surface area (Å²) in [7, 11) is 0. The van der Waals surface area contributed by atoms with E-state index in [9.17, 15) is 0 Å². The van der Waals surface area contributed by atoms with Crippen LogP contribution in [0.5, 0.6) is 0 Å². The molecule has 2 rings (SSSR count). The minimum atomic E-state index is 0.762. The first-order chi connectivity index (χ1) is 13.4. The minimum Gasteiger partial charge on any atom is -0.314 e. The highest BCUT2D eigenvalue weighted by Crippen LogP contribution is 2.24. The molecule has 1 nitrogen and oxygen atoms in total. The molecular weight excluding hydrogens is 326 g/mol. The number of rotatable bonds is 16.